The fraction of sp³-hybridized carbons (Fsp3) is 0.280. The summed E-state index contributed by atoms with van der Waals surface area (Å²) < 4.78 is 0. The lowest BCUT2D eigenvalue weighted by Gasteiger charge is -2.12. The van der Waals surface area contributed by atoms with Crippen molar-refractivity contribution in [3.63, 3.8) is 0 Å². The van der Waals surface area contributed by atoms with Gasteiger partial charge in [0, 0.05) is 37.6 Å². The van der Waals surface area contributed by atoms with E-state index >= 15 is 0 Å². The van der Waals surface area contributed by atoms with Crippen LogP contribution in [0.5, 0.6) is 0 Å². The third kappa shape index (κ3) is 7.37. The van der Waals surface area contributed by atoms with Gasteiger partial charge in [0.1, 0.15) is 5.92 Å². The van der Waals surface area contributed by atoms with Gasteiger partial charge in [-0.05, 0) is 49.2 Å². The van der Waals surface area contributed by atoms with Gasteiger partial charge in [0.05, 0.1) is 11.4 Å². The normalized spacial score (nSPS) is 11.8. The second-order valence-electron chi connectivity index (χ2n) is 7.52. The monoisotopic (exact) mass is 432 g/mol. The van der Waals surface area contributed by atoms with Gasteiger partial charge in [0.2, 0.25) is 0 Å². The van der Waals surface area contributed by atoms with Crippen molar-refractivity contribution in [1.82, 2.24) is 20.6 Å². The molecule has 1 atom stereocenters. The van der Waals surface area contributed by atoms with Crippen molar-refractivity contribution >= 4 is 11.8 Å². The Kier molecular flexibility index (Phi) is 9.04. The Morgan fingerprint density at radius 1 is 0.812 bits per heavy atom. The van der Waals surface area contributed by atoms with E-state index in [0.29, 0.717) is 38.2 Å². The molecule has 1 unspecified atom stereocenters. The molecule has 0 aliphatic carbocycles. The lowest BCUT2D eigenvalue weighted by molar-refractivity contribution is -0.140. The van der Waals surface area contributed by atoms with Crippen LogP contribution in [0.3, 0.4) is 0 Å². The zero-order valence-electron chi connectivity index (χ0n) is 17.9. The molecule has 0 saturated heterocycles. The summed E-state index contributed by atoms with van der Waals surface area (Å²) in [4.78, 5) is 32.9. The molecular formula is C25H28N4O3. The predicted molar refractivity (Wildman–Crippen MR) is 122 cm³/mol. The molecule has 0 aliphatic heterocycles. The number of carbonyl (C=O) groups excluding carboxylic acids is 1. The number of hydrogen-bond acceptors (Lipinski definition) is 6. The van der Waals surface area contributed by atoms with Crippen LogP contribution < -0.4 is 10.6 Å². The number of benzene rings is 1. The summed E-state index contributed by atoms with van der Waals surface area (Å²) in [6.45, 7) is 2.52. The molecule has 32 heavy (non-hydrogen) atoms. The fourth-order valence-corrected chi connectivity index (χ4v) is 3.34. The van der Waals surface area contributed by atoms with Crippen molar-refractivity contribution in [2.24, 2.45) is 5.92 Å². The first kappa shape index (κ1) is 23.2. The first-order valence-corrected chi connectivity index (χ1v) is 10.7. The van der Waals surface area contributed by atoms with E-state index in [2.05, 4.69) is 20.6 Å². The molecule has 7 heteroatoms. The zero-order chi connectivity index (χ0) is 22.6. The Labute approximate surface area is 187 Å². The van der Waals surface area contributed by atoms with Crippen LogP contribution in [0.4, 0.5) is 0 Å². The summed E-state index contributed by atoms with van der Waals surface area (Å²) in [7, 11) is 0. The number of nitrogens with one attached hydrogen (secondary N) is 2. The van der Waals surface area contributed by atoms with Crippen LogP contribution in [0.1, 0.15) is 40.2 Å². The van der Waals surface area contributed by atoms with E-state index in [1.165, 1.54) is 0 Å². The van der Waals surface area contributed by atoms with Crippen molar-refractivity contribution in [3.05, 3.63) is 95.6 Å². The van der Waals surface area contributed by atoms with E-state index in [-0.39, 0.29) is 12.2 Å². The first-order valence-electron chi connectivity index (χ1n) is 10.7. The quantitative estimate of drug-likeness (QED) is 0.216. The lowest BCUT2D eigenvalue weighted by Crippen LogP contribution is -2.25. The summed E-state index contributed by atoms with van der Waals surface area (Å²) in [6, 6.07) is 18.6. The largest absolute Gasteiger partial charge is 0.481 e. The molecule has 3 aromatic rings. The number of aromatic nitrogens is 2. The Morgan fingerprint density at radius 2 is 1.44 bits per heavy atom. The second kappa shape index (κ2) is 12.4. The molecule has 3 rings (SSSR count). The van der Waals surface area contributed by atoms with E-state index < -0.39 is 11.9 Å². The van der Waals surface area contributed by atoms with Gasteiger partial charge in [-0.3, -0.25) is 19.6 Å². The van der Waals surface area contributed by atoms with Crippen LogP contribution in [0, 0.1) is 5.92 Å². The van der Waals surface area contributed by atoms with Crippen LogP contribution in [-0.2, 0) is 24.4 Å². The lowest BCUT2D eigenvalue weighted by atomic mass is 9.93. The van der Waals surface area contributed by atoms with Gasteiger partial charge in [-0.15, -0.1) is 0 Å². The van der Waals surface area contributed by atoms with Gasteiger partial charge in [-0.1, -0.05) is 36.4 Å². The number of carboxylic acid groups (broad SMARTS) is 1. The Bertz CT molecular complexity index is 979. The molecule has 2 aromatic heterocycles. The van der Waals surface area contributed by atoms with Gasteiger partial charge < -0.3 is 15.7 Å². The average molecular weight is 433 g/mol. The minimum absolute atomic E-state index is 0.288. The number of carboxylic acids is 1. The average Bonchev–Trinajstić information content (AvgIpc) is 2.82. The van der Waals surface area contributed by atoms with Gasteiger partial charge in [-0.2, -0.15) is 0 Å². The standard InChI is InChI=1S/C25H28N4O3/c30-24(23(25(31)32)8-5-13-26-17-21-6-1-3-14-28-21)20-11-9-19(10-12-20)16-27-18-22-7-2-4-15-29-22/h1-4,6-7,9-12,14-15,23,26-27H,5,8,13,16-18H2,(H,31,32). The highest BCUT2D eigenvalue weighted by molar-refractivity contribution is 6.08. The number of pyridine rings is 2. The molecule has 3 N–H and O–H groups in total. The van der Waals surface area contributed by atoms with E-state index in [0.717, 1.165) is 17.0 Å². The molecule has 166 valence electrons. The number of carbonyl (C=O) groups is 2. The molecule has 0 saturated carbocycles. The van der Waals surface area contributed by atoms with Gasteiger partial charge >= 0.3 is 5.97 Å². The molecule has 0 fully saturated rings. The second-order valence-corrected chi connectivity index (χ2v) is 7.52. The van der Waals surface area contributed by atoms with Gasteiger partial charge in [-0.25, -0.2) is 0 Å². The maximum Gasteiger partial charge on any atom is 0.314 e. The summed E-state index contributed by atoms with van der Waals surface area (Å²) >= 11 is 0. The van der Waals surface area contributed by atoms with E-state index in [1.807, 2.05) is 48.5 Å². The Balaban J connectivity index is 1.44. The van der Waals surface area contributed by atoms with E-state index in [9.17, 15) is 14.7 Å². The molecule has 0 spiro atoms. The number of ketones is 1. The molecule has 1 aromatic carbocycles. The van der Waals surface area contributed by atoms with Gasteiger partial charge in [0.15, 0.2) is 5.78 Å². The SMILES string of the molecule is O=C(O)C(CCCNCc1ccccn1)C(=O)c1ccc(CNCc2ccccn2)cc1. The molecule has 0 bridgehead atoms. The van der Waals surface area contributed by atoms with E-state index in [1.54, 1.807) is 24.5 Å². The van der Waals surface area contributed by atoms with Crippen molar-refractivity contribution < 1.29 is 14.7 Å². The number of rotatable bonds is 13. The molecular weight excluding hydrogens is 404 g/mol. The summed E-state index contributed by atoms with van der Waals surface area (Å²) in [5.74, 6) is -2.48. The number of aliphatic carboxylic acids is 1. The molecule has 0 amide bonds. The summed E-state index contributed by atoms with van der Waals surface area (Å²) in [5, 5.41) is 16.1. The summed E-state index contributed by atoms with van der Waals surface area (Å²) in [6.07, 6.45) is 4.37. The van der Waals surface area contributed by atoms with Crippen molar-refractivity contribution in [1.29, 1.82) is 0 Å². The maximum atomic E-state index is 12.7. The number of Topliss-reactive ketones (excluding diaryl/α,β-unsaturated/α-hetero) is 1. The van der Waals surface area contributed by atoms with Crippen LogP contribution in [0.25, 0.3) is 0 Å². The van der Waals surface area contributed by atoms with Crippen LogP contribution in [0.2, 0.25) is 0 Å². The molecule has 7 nitrogen and oxygen atoms in total. The Morgan fingerprint density at radius 3 is 2.00 bits per heavy atom. The number of hydrogen-bond donors (Lipinski definition) is 3. The van der Waals surface area contributed by atoms with Crippen LogP contribution in [-0.4, -0.2) is 33.4 Å². The Hall–Kier alpha value is -3.42. The third-order valence-electron chi connectivity index (χ3n) is 5.09. The van der Waals surface area contributed by atoms with Crippen LogP contribution >= 0.6 is 0 Å². The topological polar surface area (TPSA) is 104 Å². The number of nitrogens with zero attached hydrogens (tertiary/aromatic N) is 2. The van der Waals surface area contributed by atoms with E-state index in [4.69, 9.17) is 0 Å². The minimum Gasteiger partial charge on any atom is -0.481 e. The molecule has 2 heterocycles. The fourth-order valence-electron chi connectivity index (χ4n) is 3.34. The first-order chi connectivity index (χ1) is 15.6. The maximum absolute atomic E-state index is 12.7. The summed E-state index contributed by atoms with van der Waals surface area (Å²) in [5.41, 5.74) is 3.32. The minimum atomic E-state index is -1.08. The highest BCUT2D eigenvalue weighted by Gasteiger charge is 2.26. The van der Waals surface area contributed by atoms with Crippen molar-refractivity contribution in [2.45, 2.75) is 32.5 Å². The smallest absolute Gasteiger partial charge is 0.314 e. The highest BCUT2D eigenvalue weighted by atomic mass is 16.4. The predicted octanol–water partition coefficient (Wildman–Crippen LogP) is 3.22. The van der Waals surface area contributed by atoms with Crippen LogP contribution in [0.15, 0.2) is 73.1 Å². The molecule has 0 aliphatic rings. The van der Waals surface area contributed by atoms with Crippen molar-refractivity contribution in [2.75, 3.05) is 6.54 Å². The molecule has 0 radical (unpaired) electrons. The third-order valence-corrected chi connectivity index (χ3v) is 5.09. The highest BCUT2D eigenvalue weighted by Crippen LogP contribution is 2.16. The van der Waals surface area contributed by atoms with Crippen molar-refractivity contribution in [3.8, 4) is 0 Å². The zero-order valence-corrected chi connectivity index (χ0v) is 17.9. The van der Waals surface area contributed by atoms with Gasteiger partial charge in [0.25, 0.3) is 0 Å².